The van der Waals surface area contributed by atoms with E-state index in [1.807, 2.05) is 13.8 Å². The summed E-state index contributed by atoms with van der Waals surface area (Å²) in [4.78, 5) is 37.2. The second-order valence-corrected chi connectivity index (χ2v) is 4.98. The highest BCUT2D eigenvalue weighted by molar-refractivity contribution is 6.20. The molecule has 0 saturated carbocycles. The molecular weight excluding hydrogens is 272 g/mol. The van der Waals surface area contributed by atoms with Crippen LogP contribution in [0.1, 0.15) is 66.2 Å². The average molecular weight is 300 g/mol. The Bertz CT molecular complexity index is 331. The van der Waals surface area contributed by atoms with Gasteiger partial charge in [-0.3, -0.25) is 14.4 Å². The summed E-state index contributed by atoms with van der Waals surface area (Å²) in [6.45, 7) is 7.42. The molecule has 0 aliphatic carbocycles. The maximum Gasteiger partial charge on any atom is 0.331 e. The normalized spacial score (nSPS) is 11.0. The van der Waals surface area contributed by atoms with Gasteiger partial charge >= 0.3 is 11.9 Å². The Morgan fingerprint density at radius 1 is 0.810 bits per heavy atom. The number of Topliss-reactive ketones (excluding diaryl/α,β-unsaturated/α-hetero) is 1. The van der Waals surface area contributed by atoms with Crippen molar-refractivity contribution in [3.8, 4) is 0 Å². The average Bonchev–Trinajstić information content (AvgIpc) is 2.45. The largest absolute Gasteiger partial charge is 0.465 e. The molecule has 0 radical (unpaired) electrons. The zero-order valence-electron chi connectivity index (χ0n) is 13.7. The first-order valence-electron chi connectivity index (χ1n) is 7.88. The predicted molar refractivity (Wildman–Crippen MR) is 79.8 cm³/mol. The summed E-state index contributed by atoms with van der Waals surface area (Å²) < 4.78 is 9.99. The van der Waals surface area contributed by atoms with Crippen LogP contribution < -0.4 is 0 Å². The lowest BCUT2D eigenvalue weighted by Crippen LogP contribution is -2.48. The van der Waals surface area contributed by atoms with E-state index in [9.17, 15) is 14.4 Å². The predicted octanol–water partition coefficient (Wildman–Crippen LogP) is 3.05. The molecule has 0 N–H and O–H groups in total. The first-order valence-corrected chi connectivity index (χ1v) is 7.88. The quantitative estimate of drug-likeness (QED) is 0.333. The number of esters is 2. The summed E-state index contributed by atoms with van der Waals surface area (Å²) in [5.74, 6) is -1.92. The number of ether oxygens (including phenoxy) is 2. The van der Waals surface area contributed by atoms with Gasteiger partial charge in [-0.25, -0.2) is 0 Å². The molecule has 0 aliphatic rings. The number of hydrogen-bond donors (Lipinski definition) is 0. The van der Waals surface area contributed by atoms with Crippen LogP contribution in [0.5, 0.6) is 0 Å². The molecule has 5 heteroatoms. The Balaban J connectivity index is 5.39. The van der Waals surface area contributed by atoms with E-state index >= 15 is 0 Å². The first kappa shape index (κ1) is 19.6. The van der Waals surface area contributed by atoms with Crippen molar-refractivity contribution in [2.24, 2.45) is 5.41 Å². The molecule has 0 aromatic carbocycles. The van der Waals surface area contributed by atoms with Crippen LogP contribution in [0.4, 0.5) is 0 Å². The fourth-order valence-corrected chi connectivity index (χ4v) is 2.29. The van der Waals surface area contributed by atoms with E-state index in [1.54, 1.807) is 13.8 Å². The van der Waals surface area contributed by atoms with Gasteiger partial charge in [-0.2, -0.15) is 0 Å². The van der Waals surface area contributed by atoms with E-state index in [2.05, 4.69) is 0 Å². The lowest BCUT2D eigenvalue weighted by Gasteiger charge is -2.27. The Morgan fingerprint density at radius 2 is 1.33 bits per heavy atom. The summed E-state index contributed by atoms with van der Waals surface area (Å²) in [5, 5.41) is 0. The third kappa shape index (κ3) is 5.14. The molecule has 0 aromatic rings. The van der Waals surface area contributed by atoms with Crippen molar-refractivity contribution < 1.29 is 23.9 Å². The summed E-state index contributed by atoms with van der Waals surface area (Å²) in [7, 11) is 0. The van der Waals surface area contributed by atoms with Gasteiger partial charge < -0.3 is 9.47 Å². The number of ketones is 1. The third-order valence-electron chi connectivity index (χ3n) is 3.36. The third-order valence-corrected chi connectivity index (χ3v) is 3.36. The minimum atomic E-state index is -1.78. The van der Waals surface area contributed by atoms with Crippen molar-refractivity contribution in [3.05, 3.63) is 0 Å². The van der Waals surface area contributed by atoms with Crippen LogP contribution in [-0.2, 0) is 23.9 Å². The monoisotopic (exact) mass is 300 g/mol. The highest BCUT2D eigenvalue weighted by Crippen LogP contribution is 2.31. The van der Waals surface area contributed by atoms with Gasteiger partial charge in [0.1, 0.15) is 0 Å². The van der Waals surface area contributed by atoms with Crippen LogP contribution in [0, 0.1) is 5.41 Å². The van der Waals surface area contributed by atoms with Crippen molar-refractivity contribution in [1.29, 1.82) is 0 Å². The molecule has 0 fully saturated rings. The molecule has 0 rings (SSSR count). The maximum atomic E-state index is 12.6. The van der Waals surface area contributed by atoms with Crippen molar-refractivity contribution in [2.45, 2.75) is 66.2 Å². The van der Waals surface area contributed by atoms with E-state index in [0.29, 0.717) is 12.8 Å². The SMILES string of the molecule is CCCCCC(=O)C(CCC)(C(=O)OCC)C(=O)OCC. The van der Waals surface area contributed by atoms with Crippen molar-refractivity contribution in [2.75, 3.05) is 13.2 Å². The molecule has 0 aliphatic heterocycles. The topological polar surface area (TPSA) is 69.7 Å². The van der Waals surface area contributed by atoms with Gasteiger partial charge in [0.05, 0.1) is 13.2 Å². The Morgan fingerprint density at radius 3 is 1.71 bits per heavy atom. The van der Waals surface area contributed by atoms with Crippen LogP contribution in [0.15, 0.2) is 0 Å². The molecule has 0 heterocycles. The summed E-state index contributed by atoms with van der Waals surface area (Å²) in [6, 6.07) is 0. The van der Waals surface area contributed by atoms with E-state index < -0.39 is 17.4 Å². The molecule has 0 spiro atoms. The van der Waals surface area contributed by atoms with Gasteiger partial charge in [0.2, 0.25) is 5.41 Å². The smallest absolute Gasteiger partial charge is 0.331 e. The van der Waals surface area contributed by atoms with Gasteiger partial charge in [0, 0.05) is 6.42 Å². The van der Waals surface area contributed by atoms with Crippen molar-refractivity contribution in [3.63, 3.8) is 0 Å². The van der Waals surface area contributed by atoms with Gasteiger partial charge in [0.25, 0.3) is 0 Å². The van der Waals surface area contributed by atoms with Crippen LogP contribution in [0.25, 0.3) is 0 Å². The van der Waals surface area contributed by atoms with E-state index in [4.69, 9.17) is 9.47 Å². The number of unbranched alkanes of at least 4 members (excludes halogenated alkanes) is 2. The number of carbonyl (C=O) groups excluding carboxylic acids is 3. The number of carbonyl (C=O) groups is 3. The highest BCUT2D eigenvalue weighted by atomic mass is 16.6. The Labute approximate surface area is 127 Å². The van der Waals surface area contributed by atoms with Crippen LogP contribution in [-0.4, -0.2) is 30.9 Å². The number of hydrogen-bond acceptors (Lipinski definition) is 5. The molecule has 0 unspecified atom stereocenters. The fourth-order valence-electron chi connectivity index (χ4n) is 2.29. The summed E-state index contributed by atoms with van der Waals surface area (Å²) in [5.41, 5.74) is -1.78. The zero-order valence-corrected chi connectivity index (χ0v) is 13.7. The van der Waals surface area contributed by atoms with Crippen LogP contribution >= 0.6 is 0 Å². The van der Waals surface area contributed by atoms with Gasteiger partial charge in [0.15, 0.2) is 5.78 Å². The second kappa shape index (κ2) is 10.4. The van der Waals surface area contributed by atoms with Crippen molar-refractivity contribution >= 4 is 17.7 Å². The second-order valence-electron chi connectivity index (χ2n) is 4.98. The lowest BCUT2D eigenvalue weighted by atomic mass is 9.77. The maximum absolute atomic E-state index is 12.6. The molecule has 0 aromatic heterocycles. The standard InChI is InChI=1S/C16H28O5/c1-5-9-10-11-13(17)16(12-6-2,14(18)20-7-3)15(19)21-8-4/h5-12H2,1-4H3. The van der Waals surface area contributed by atoms with E-state index in [-0.39, 0.29) is 31.8 Å². The van der Waals surface area contributed by atoms with Crippen molar-refractivity contribution in [1.82, 2.24) is 0 Å². The molecule has 21 heavy (non-hydrogen) atoms. The van der Waals surface area contributed by atoms with Crippen LogP contribution in [0.3, 0.4) is 0 Å². The molecule has 0 bridgehead atoms. The Kier molecular flexibility index (Phi) is 9.67. The van der Waals surface area contributed by atoms with Gasteiger partial charge in [-0.1, -0.05) is 33.1 Å². The summed E-state index contributed by atoms with van der Waals surface area (Å²) >= 11 is 0. The number of rotatable bonds is 11. The first-order chi connectivity index (χ1) is 10.0. The molecule has 5 nitrogen and oxygen atoms in total. The van der Waals surface area contributed by atoms with Gasteiger partial charge in [-0.05, 0) is 26.7 Å². The molecular formula is C16H28O5. The minimum Gasteiger partial charge on any atom is -0.465 e. The molecule has 0 amide bonds. The molecule has 0 saturated heterocycles. The van der Waals surface area contributed by atoms with E-state index in [0.717, 1.165) is 12.8 Å². The van der Waals surface area contributed by atoms with Gasteiger partial charge in [-0.15, -0.1) is 0 Å². The Hall–Kier alpha value is -1.39. The van der Waals surface area contributed by atoms with E-state index in [1.165, 1.54) is 0 Å². The van der Waals surface area contributed by atoms with Crippen LogP contribution in [0.2, 0.25) is 0 Å². The lowest BCUT2D eigenvalue weighted by molar-refractivity contribution is -0.175. The summed E-state index contributed by atoms with van der Waals surface area (Å²) in [6.07, 6.45) is 3.38. The molecule has 0 atom stereocenters. The highest BCUT2D eigenvalue weighted by Gasteiger charge is 2.53. The zero-order chi connectivity index (χ0) is 16.3. The fraction of sp³-hybridized carbons (Fsp3) is 0.812. The minimum absolute atomic E-state index is 0.131. The molecule has 122 valence electrons.